The molecule has 0 aliphatic carbocycles. The number of aliphatic hydroxyl groups is 1. The molecule has 5 N–H and O–H groups in total. The Morgan fingerprint density at radius 3 is 1.82 bits per heavy atom. The van der Waals surface area contributed by atoms with E-state index in [0.717, 1.165) is 5.01 Å². The minimum atomic E-state index is -4.03. The average molecular weight is 937 g/mol. The van der Waals surface area contributed by atoms with Gasteiger partial charge in [0.25, 0.3) is 5.91 Å². The van der Waals surface area contributed by atoms with E-state index in [1.165, 1.54) is 0 Å². The van der Waals surface area contributed by atoms with Gasteiger partial charge in [-0.3, -0.25) is 20.0 Å². The van der Waals surface area contributed by atoms with Crippen LogP contribution in [0.2, 0.25) is 0 Å². The molecule has 3 aromatic rings. The molecule has 0 saturated heterocycles. The number of rotatable bonds is 29. The number of amides is 4. The topological polar surface area (TPSA) is 217 Å². The molecule has 4 amide bonds. The van der Waals surface area contributed by atoms with Crippen LogP contribution in [0.1, 0.15) is 68.9 Å². The van der Waals surface area contributed by atoms with Crippen molar-refractivity contribution < 1.29 is 73.9 Å². The number of methoxy groups -OCH3 is 2. The maximum atomic E-state index is 14.9. The lowest BCUT2D eigenvalue weighted by Crippen LogP contribution is -2.61. The number of hydrogen-bond acceptors (Lipinski definition) is 14. The zero-order valence-corrected chi connectivity index (χ0v) is 37.8. The lowest BCUT2D eigenvalue weighted by molar-refractivity contribution is -0.132. The summed E-state index contributed by atoms with van der Waals surface area (Å²) in [5, 5.41) is 20.1. The molecule has 1 aromatic heterocycles. The number of aromatic nitrogens is 1. The zero-order chi connectivity index (χ0) is 58.4. The maximum absolute atomic E-state index is 14.9. The predicted octanol–water partition coefficient (Wildman–Crippen LogP) is 4.29. The van der Waals surface area contributed by atoms with E-state index in [4.69, 9.17) is 44.9 Å². The van der Waals surface area contributed by atoms with Crippen LogP contribution in [0.15, 0.2) is 79.0 Å². The van der Waals surface area contributed by atoms with E-state index in [1.807, 2.05) is 5.32 Å². The molecular formula is C48H72N6O12. The first-order chi connectivity index (χ1) is 36.4. The van der Waals surface area contributed by atoms with E-state index in [2.05, 4.69) is 25.8 Å². The second-order valence-corrected chi connectivity index (χ2v) is 15.9. The lowest BCUT2D eigenvalue weighted by atomic mass is 9.85. The third kappa shape index (κ3) is 21.4. The number of carbonyl (C=O) groups excluding carboxylic acids is 4. The Bertz CT molecular complexity index is 2240. The largest absolute Gasteiger partial charge is 0.453 e. The van der Waals surface area contributed by atoms with Gasteiger partial charge in [0.15, 0.2) is 0 Å². The Kier molecular flexibility index (Phi) is 17.3. The van der Waals surface area contributed by atoms with Crippen LogP contribution in [-0.2, 0) is 55.7 Å². The Labute approximate surface area is 406 Å². The second kappa shape index (κ2) is 29.4. The third-order valence-corrected chi connectivity index (χ3v) is 9.50. The molecule has 2 aromatic carbocycles. The highest BCUT2D eigenvalue weighted by molar-refractivity contribution is 5.87. The first kappa shape index (κ1) is 38.9. The number of hydrazine groups is 1. The van der Waals surface area contributed by atoms with E-state index in [-0.39, 0.29) is 46.0 Å². The van der Waals surface area contributed by atoms with Crippen LogP contribution >= 0.6 is 0 Å². The number of pyridine rings is 1. The molecule has 0 unspecified atom stereocenters. The SMILES string of the molecule is [2H]C([2H])([2H])OC(=O)N[C@H](C(=O)N[C@@H](Cc1ccccc1)[C@@H](O)CN(Cc1ccc(-c2ccccn2)cc1)NC(=O)[C@@H](NC(=O)OCCOCCOCCOCCOCCOC)C(C([2H])([2H])[2H])(C([2H])([2H])[2H])C([2H])([2H])[2H])C(C)(C)C. The molecule has 0 spiro atoms. The Balaban J connectivity index is 2.00. The van der Waals surface area contributed by atoms with E-state index in [1.54, 1.807) is 107 Å². The standard InChI is InChI=1S/C48H72N6O12/c1-47(2,3)41(51-45(58)61-8)43(56)50-39(32-35-14-10-9-11-15-35)40(55)34-54(33-36-17-19-37(20-18-36)38-16-12-13-21-49-38)53-44(57)42(48(4,5)6)52-46(59)66-31-30-65-29-28-64-27-26-63-25-24-62-23-22-60-7/h9-21,39-42,55H,22-34H2,1-8H3,(H,50,56)(H,51,58)(H,52,59)(H,53,57)/t39-,40-,41+,42+/m0/s1/i4D3,5D3,6D3,8D3. The monoisotopic (exact) mass is 937 g/mol. The van der Waals surface area contributed by atoms with Gasteiger partial charge in [0.2, 0.25) is 5.91 Å². The summed E-state index contributed by atoms with van der Waals surface area (Å²) in [6.07, 6.45) is -3.29. The van der Waals surface area contributed by atoms with E-state index < -0.39 is 99.8 Å². The van der Waals surface area contributed by atoms with Crippen molar-refractivity contribution in [3.05, 3.63) is 90.1 Å². The van der Waals surface area contributed by atoms with Crippen molar-refractivity contribution in [3.63, 3.8) is 0 Å². The van der Waals surface area contributed by atoms with Gasteiger partial charge in [-0.25, -0.2) is 14.6 Å². The van der Waals surface area contributed by atoms with Crippen molar-refractivity contribution in [2.45, 2.75) is 78.5 Å². The van der Waals surface area contributed by atoms with Gasteiger partial charge in [-0.1, -0.05) is 102 Å². The molecule has 66 heavy (non-hydrogen) atoms. The van der Waals surface area contributed by atoms with Crippen LogP contribution in [0.5, 0.6) is 0 Å². The summed E-state index contributed by atoms with van der Waals surface area (Å²) in [7, 11) is -1.59. The van der Waals surface area contributed by atoms with Crippen LogP contribution < -0.4 is 21.4 Å². The summed E-state index contributed by atoms with van der Waals surface area (Å²) < 4.78 is 134. The summed E-state index contributed by atoms with van der Waals surface area (Å²) in [6.45, 7) is -7.00. The number of nitrogens with zero attached hydrogens (tertiary/aromatic N) is 2. The van der Waals surface area contributed by atoms with Gasteiger partial charge in [-0.15, -0.1) is 0 Å². The number of nitrogens with one attached hydrogen (secondary N) is 4. The lowest BCUT2D eigenvalue weighted by Gasteiger charge is -2.35. The molecule has 1 heterocycles. The highest BCUT2D eigenvalue weighted by Crippen LogP contribution is 2.23. The third-order valence-electron chi connectivity index (χ3n) is 9.50. The molecule has 0 saturated carbocycles. The van der Waals surface area contributed by atoms with Crippen LogP contribution in [-0.4, -0.2) is 150 Å². The van der Waals surface area contributed by atoms with Crippen LogP contribution in [0.4, 0.5) is 9.59 Å². The minimum Gasteiger partial charge on any atom is -0.453 e. The number of aliphatic hydroxyl groups excluding tert-OH is 1. The smallest absolute Gasteiger partial charge is 0.407 e. The zero-order valence-electron chi connectivity index (χ0n) is 49.8. The molecule has 0 aliphatic rings. The molecule has 0 fully saturated rings. The quantitative estimate of drug-likeness (QED) is 0.0485. The van der Waals surface area contributed by atoms with Crippen molar-refractivity contribution in [3.8, 4) is 11.3 Å². The molecular weight excluding hydrogens is 853 g/mol. The fraction of sp³-hybridized carbons (Fsp3) is 0.562. The predicted molar refractivity (Wildman–Crippen MR) is 248 cm³/mol. The molecule has 3 rings (SSSR count). The van der Waals surface area contributed by atoms with Crippen molar-refractivity contribution in [1.82, 2.24) is 31.4 Å². The Morgan fingerprint density at radius 1 is 0.682 bits per heavy atom. The number of benzene rings is 2. The molecule has 366 valence electrons. The fourth-order valence-corrected chi connectivity index (χ4v) is 6.13. The van der Waals surface area contributed by atoms with E-state index >= 15 is 0 Å². The highest BCUT2D eigenvalue weighted by Gasteiger charge is 2.37. The number of carbonyl (C=O) groups is 4. The summed E-state index contributed by atoms with van der Waals surface area (Å²) in [5.41, 5.74) is -0.496. The van der Waals surface area contributed by atoms with Gasteiger partial charge in [0, 0.05) is 44.3 Å². The first-order valence-corrected chi connectivity index (χ1v) is 21.2. The molecule has 4 atom stereocenters. The van der Waals surface area contributed by atoms with Crippen molar-refractivity contribution in [2.24, 2.45) is 10.8 Å². The first-order valence-electron chi connectivity index (χ1n) is 27.2. The number of alkyl carbamates (subject to hydrolysis) is 2. The molecule has 0 radical (unpaired) electrons. The normalized spacial score (nSPS) is 17.0. The fourth-order valence-electron chi connectivity index (χ4n) is 6.13. The number of hydrogen-bond donors (Lipinski definition) is 5. The summed E-state index contributed by atoms with van der Waals surface area (Å²) >= 11 is 0. The van der Waals surface area contributed by atoms with Gasteiger partial charge >= 0.3 is 12.2 Å². The Hall–Kier alpha value is -5.21. The van der Waals surface area contributed by atoms with Crippen LogP contribution in [0.3, 0.4) is 0 Å². The van der Waals surface area contributed by atoms with Gasteiger partial charge in [0.05, 0.1) is 88.5 Å². The minimum absolute atomic E-state index is 0.0231. The molecule has 18 heteroatoms. The Morgan fingerprint density at radius 2 is 1.26 bits per heavy atom. The van der Waals surface area contributed by atoms with Crippen molar-refractivity contribution in [2.75, 3.05) is 86.8 Å². The average Bonchev–Trinajstić information content (AvgIpc) is 3.43. The van der Waals surface area contributed by atoms with Crippen LogP contribution in [0.25, 0.3) is 11.3 Å². The summed E-state index contributed by atoms with van der Waals surface area (Å²) in [4.78, 5) is 59.5. The van der Waals surface area contributed by atoms with Gasteiger partial charge in [-0.2, -0.15) is 0 Å². The molecule has 18 nitrogen and oxygen atoms in total. The number of ether oxygens (including phenoxy) is 7. The maximum Gasteiger partial charge on any atom is 0.407 e. The van der Waals surface area contributed by atoms with Gasteiger partial charge in [-0.05, 0) is 40.5 Å². The van der Waals surface area contributed by atoms with Crippen LogP contribution in [0, 0.1) is 10.8 Å². The van der Waals surface area contributed by atoms with E-state index in [9.17, 15) is 24.3 Å². The summed E-state index contributed by atoms with van der Waals surface area (Å²) in [6, 6.07) is 14.6. The van der Waals surface area contributed by atoms with E-state index in [0.29, 0.717) is 48.8 Å². The highest BCUT2D eigenvalue weighted by atomic mass is 16.6. The van der Waals surface area contributed by atoms with Gasteiger partial charge in [0.1, 0.15) is 18.7 Å². The second-order valence-electron chi connectivity index (χ2n) is 15.9. The summed E-state index contributed by atoms with van der Waals surface area (Å²) in [5.74, 6) is -2.57. The molecule has 0 bridgehead atoms. The van der Waals surface area contributed by atoms with Gasteiger partial charge < -0.3 is 54.2 Å². The molecule has 0 aliphatic heterocycles. The van der Waals surface area contributed by atoms with Crippen molar-refractivity contribution in [1.29, 1.82) is 0 Å². The van der Waals surface area contributed by atoms with Crippen molar-refractivity contribution >= 4 is 24.0 Å².